The highest BCUT2D eigenvalue weighted by Crippen LogP contribution is 1.97. The smallest absolute Gasteiger partial charge is 0.190 e. The van der Waals surface area contributed by atoms with Crippen LogP contribution in [-0.2, 0) is 0 Å². The molecule has 128 valence electrons. The van der Waals surface area contributed by atoms with Crippen LogP contribution >= 0.6 is 24.0 Å². The van der Waals surface area contributed by atoms with Crippen LogP contribution in [0.5, 0.6) is 0 Å². The van der Waals surface area contributed by atoms with Crippen LogP contribution in [0.2, 0.25) is 0 Å². The molecule has 5 heteroatoms. The van der Waals surface area contributed by atoms with Gasteiger partial charge in [0.1, 0.15) is 0 Å². The minimum atomic E-state index is 0. The molecule has 0 aromatic heterocycles. The maximum atomic E-state index is 4.25. The fourth-order valence-corrected chi connectivity index (χ4v) is 2.19. The van der Waals surface area contributed by atoms with Crippen LogP contribution in [0.25, 0.3) is 0 Å². The summed E-state index contributed by atoms with van der Waals surface area (Å²) in [6.45, 7) is 12.3. The van der Waals surface area contributed by atoms with Gasteiger partial charge in [-0.05, 0) is 38.9 Å². The van der Waals surface area contributed by atoms with Gasteiger partial charge in [-0.3, -0.25) is 4.99 Å². The molecule has 0 aliphatic rings. The van der Waals surface area contributed by atoms with Crippen LogP contribution in [0.1, 0.15) is 59.3 Å². The Morgan fingerprint density at radius 2 is 1.43 bits per heavy atom. The SMILES string of the molecule is CCCCCCNC(=NC)NCCCCN(CC)CC.I. The molecule has 0 heterocycles. The van der Waals surface area contributed by atoms with E-state index in [1.807, 2.05) is 7.05 Å². The van der Waals surface area contributed by atoms with E-state index < -0.39 is 0 Å². The molecule has 0 spiro atoms. The molecule has 0 fully saturated rings. The third kappa shape index (κ3) is 14.7. The van der Waals surface area contributed by atoms with E-state index in [2.05, 4.69) is 41.3 Å². The molecule has 4 nitrogen and oxygen atoms in total. The first kappa shape index (κ1) is 23.2. The fourth-order valence-electron chi connectivity index (χ4n) is 2.19. The second kappa shape index (κ2) is 18.0. The molecule has 0 saturated carbocycles. The third-order valence-corrected chi connectivity index (χ3v) is 3.63. The van der Waals surface area contributed by atoms with Crippen LogP contribution in [-0.4, -0.2) is 50.6 Å². The van der Waals surface area contributed by atoms with E-state index in [4.69, 9.17) is 0 Å². The van der Waals surface area contributed by atoms with Crippen LogP contribution in [0.3, 0.4) is 0 Å². The van der Waals surface area contributed by atoms with E-state index in [0.29, 0.717) is 0 Å². The summed E-state index contributed by atoms with van der Waals surface area (Å²) in [5, 5.41) is 6.77. The first-order chi connectivity index (χ1) is 9.78. The number of nitrogens with one attached hydrogen (secondary N) is 2. The van der Waals surface area contributed by atoms with Gasteiger partial charge < -0.3 is 15.5 Å². The summed E-state index contributed by atoms with van der Waals surface area (Å²) in [5.74, 6) is 0.948. The Kier molecular flexibility index (Phi) is 19.9. The normalized spacial score (nSPS) is 11.4. The molecular formula is C16H37IN4. The van der Waals surface area contributed by atoms with Gasteiger partial charge in [-0.15, -0.1) is 24.0 Å². The van der Waals surface area contributed by atoms with E-state index in [1.165, 1.54) is 45.1 Å². The van der Waals surface area contributed by atoms with E-state index in [-0.39, 0.29) is 24.0 Å². The third-order valence-electron chi connectivity index (χ3n) is 3.63. The largest absolute Gasteiger partial charge is 0.356 e. The lowest BCUT2D eigenvalue weighted by Crippen LogP contribution is -2.38. The molecule has 0 rings (SSSR count). The van der Waals surface area contributed by atoms with Crippen molar-refractivity contribution in [3.8, 4) is 0 Å². The summed E-state index contributed by atoms with van der Waals surface area (Å²) < 4.78 is 0. The zero-order valence-electron chi connectivity index (χ0n) is 14.6. The van der Waals surface area contributed by atoms with Crippen molar-refractivity contribution in [1.82, 2.24) is 15.5 Å². The summed E-state index contributed by atoms with van der Waals surface area (Å²) in [4.78, 5) is 6.73. The number of aliphatic imine (C=N–C) groups is 1. The molecule has 0 aliphatic heterocycles. The van der Waals surface area contributed by atoms with Gasteiger partial charge in [-0.1, -0.05) is 40.0 Å². The van der Waals surface area contributed by atoms with Crippen LogP contribution < -0.4 is 10.6 Å². The Morgan fingerprint density at radius 3 is 1.90 bits per heavy atom. The molecule has 0 aromatic rings. The van der Waals surface area contributed by atoms with Gasteiger partial charge >= 0.3 is 0 Å². The van der Waals surface area contributed by atoms with Crippen molar-refractivity contribution in [2.24, 2.45) is 4.99 Å². The zero-order chi connectivity index (χ0) is 15.1. The monoisotopic (exact) mass is 412 g/mol. The lowest BCUT2D eigenvalue weighted by atomic mass is 10.2. The molecule has 21 heavy (non-hydrogen) atoms. The van der Waals surface area contributed by atoms with Gasteiger partial charge in [0.2, 0.25) is 0 Å². The molecule has 0 amide bonds. The van der Waals surface area contributed by atoms with E-state index in [9.17, 15) is 0 Å². The van der Waals surface area contributed by atoms with E-state index in [1.54, 1.807) is 0 Å². The van der Waals surface area contributed by atoms with Gasteiger partial charge in [0.05, 0.1) is 0 Å². The Bertz CT molecular complexity index is 230. The Morgan fingerprint density at radius 1 is 0.857 bits per heavy atom. The maximum absolute atomic E-state index is 4.25. The second-order valence-electron chi connectivity index (χ2n) is 5.22. The molecule has 0 saturated heterocycles. The van der Waals surface area contributed by atoms with Crippen molar-refractivity contribution < 1.29 is 0 Å². The van der Waals surface area contributed by atoms with Gasteiger partial charge in [-0.2, -0.15) is 0 Å². The average molecular weight is 412 g/mol. The summed E-state index contributed by atoms with van der Waals surface area (Å²) in [6.07, 6.45) is 7.62. The lowest BCUT2D eigenvalue weighted by molar-refractivity contribution is 0.297. The summed E-state index contributed by atoms with van der Waals surface area (Å²) in [5.41, 5.74) is 0. The van der Waals surface area contributed by atoms with Gasteiger partial charge in [-0.25, -0.2) is 0 Å². The highest BCUT2D eigenvalue weighted by atomic mass is 127. The minimum absolute atomic E-state index is 0. The van der Waals surface area contributed by atoms with Crippen molar-refractivity contribution in [1.29, 1.82) is 0 Å². The molecular weight excluding hydrogens is 375 g/mol. The summed E-state index contributed by atoms with van der Waals surface area (Å²) in [6, 6.07) is 0. The number of halogens is 1. The number of hydrogen-bond donors (Lipinski definition) is 2. The predicted molar refractivity (Wildman–Crippen MR) is 106 cm³/mol. The fraction of sp³-hybridized carbons (Fsp3) is 0.938. The van der Waals surface area contributed by atoms with Gasteiger partial charge in [0, 0.05) is 20.1 Å². The topological polar surface area (TPSA) is 39.7 Å². The first-order valence-corrected chi connectivity index (χ1v) is 8.45. The molecule has 0 aromatic carbocycles. The Balaban J connectivity index is 0. The quantitative estimate of drug-likeness (QED) is 0.223. The number of unbranched alkanes of at least 4 members (excludes halogenated alkanes) is 4. The Labute approximate surface area is 149 Å². The standard InChI is InChI=1S/C16H36N4.HI/c1-5-8-9-10-13-18-16(17-4)19-14-11-12-15-20(6-2)7-3;/h5-15H2,1-4H3,(H2,17,18,19);1H. The molecule has 0 unspecified atom stereocenters. The predicted octanol–water partition coefficient (Wildman–Crippen LogP) is 3.47. The van der Waals surface area contributed by atoms with Gasteiger partial charge in [0.15, 0.2) is 5.96 Å². The van der Waals surface area contributed by atoms with Crippen LogP contribution in [0.15, 0.2) is 4.99 Å². The van der Waals surface area contributed by atoms with Crippen molar-refractivity contribution >= 4 is 29.9 Å². The van der Waals surface area contributed by atoms with Crippen LogP contribution in [0, 0.1) is 0 Å². The summed E-state index contributed by atoms with van der Waals surface area (Å²) in [7, 11) is 1.84. The number of hydrogen-bond acceptors (Lipinski definition) is 2. The van der Waals surface area contributed by atoms with Crippen molar-refractivity contribution in [2.75, 3.05) is 39.8 Å². The van der Waals surface area contributed by atoms with Crippen LogP contribution in [0.4, 0.5) is 0 Å². The van der Waals surface area contributed by atoms with E-state index in [0.717, 1.165) is 32.1 Å². The summed E-state index contributed by atoms with van der Waals surface area (Å²) >= 11 is 0. The number of nitrogens with zero attached hydrogens (tertiary/aromatic N) is 2. The number of rotatable bonds is 12. The van der Waals surface area contributed by atoms with Crippen molar-refractivity contribution in [2.45, 2.75) is 59.3 Å². The lowest BCUT2D eigenvalue weighted by Gasteiger charge is -2.18. The van der Waals surface area contributed by atoms with Crippen molar-refractivity contribution in [3.05, 3.63) is 0 Å². The molecule has 0 aliphatic carbocycles. The highest BCUT2D eigenvalue weighted by Gasteiger charge is 1.99. The highest BCUT2D eigenvalue weighted by molar-refractivity contribution is 14.0. The molecule has 2 N–H and O–H groups in total. The maximum Gasteiger partial charge on any atom is 0.190 e. The first-order valence-electron chi connectivity index (χ1n) is 8.45. The van der Waals surface area contributed by atoms with E-state index >= 15 is 0 Å². The average Bonchev–Trinajstić information content (AvgIpc) is 2.48. The van der Waals surface area contributed by atoms with Crippen molar-refractivity contribution in [3.63, 3.8) is 0 Å². The second-order valence-corrected chi connectivity index (χ2v) is 5.22. The molecule has 0 atom stereocenters. The van der Waals surface area contributed by atoms with Gasteiger partial charge in [0.25, 0.3) is 0 Å². The zero-order valence-corrected chi connectivity index (χ0v) is 16.9. The minimum Gasteiger partial charge on any atom is -0.356 e. The molecule has 0 bridgehead atoms. The Hall–Kier alpha value is -0.0400. The number of guanidine groups is 1. The molecule has 0 radical (unpaired) electrons.